The fourth-order valence-electron chi connectivity index (χ4n) is 3.22. The molecule has 26 heavy (non-hydrogen) atoms. The molecule has 1 saturated heterocycles. The maximum Gasteiger partial charge on any atom is 0.128 e. The highest BCUT2D eigenvalue weighted by atomic mass is 16.6. The van der Waals surface area contributed by atoms with Gasteiger partial charge < -0.3 is 9.74 Å². The lowest BCUT2D eigenvalue weighted by molar-refractivity contribution is 0.157. The van der Waals surface area contributed by atoms with Gasteiger partial charge >= 0.3 is 0 Å². The zero-order valence-electron chi connectivity index (χ0n) is 15.8. The van der Waals surface area contributed by atoms with Gasteiger partial charge in [-0.1, -0.05) is 41.1 Å². The second kappa shape index (κ2) is 9.34. The standard InChI is InChI=1S/C21H28N4O/c1-3-26-23-20(19-8-6-7-18(2)17-19)10-12-24-13-15-25(16-14-24)21-9-4-5-11-22-21/h4-9,11,17H,3,10,12-16H2,1-2H3/b23-20-. The molecule has 0 saturated carbocycles. The number of hydrogen-bond donors (Lipinski definition) is 0. The van der Waals surface area contributed by atoms with E-state index < -0.39 is 0 Å². The van der Waals surface area contributed by atoms with E-state index in [1.165, 1.54) is 5.56 Å². The van der Waals surface area contributed by atoms with E-state index in [9.17, 15) is 0 Å². The second-order valence-corrected chi connectivity index (χ2v) is 6.59. The van der Waals surface area contributed by atoms with E-state index in [-0.39, 0.29) is 0 Å². The number of aryl methyl sites for hydroxylation is 1. The first kappa shape index (κ1) is 18.4. The van der Waals surface area contributed by atoms with Gasteiger partial charge in [0.15, 0.2) is 0 Å². The Kier molecular flexibility index (Phi) is 6.61. The average molecular weight is 352 g/mol. The van der Waals surface area contributed by atoms with Crippen LogP contribution in [0.2, 0.25) is 0 Å². The van der Waals surface area contributed by atoms with E-state index in [0.29, 0.717) is 6.61 Å². The summed E-state index contributed by atoms with van der Waals surface area (Å²) < 4.78 is 0. The number of anilines is 1. The molecule has 1 aromatic heterocycles. The van der Waals surface area contributed by atoms with Crippen LogP contribution in [-0.2, 0) is 4.84 Å². The summed E-state index contributed by atoms with van der Waals surface area (Å²) in [6.07, 6.45) is 2.76. The molecule has 0 aliphatic carbocycles. The Hall–Kier alpha value is -2.40. The first-order chi connectivity index (χ1) is 12.8. The summed E-state index contributed by atoms with van der Waals surface area (Å²) in [5.74, 6) is 1.07. The predicted octanol–water partition coefficient (Wildman–Crippen LogP) is 3.34. The minimum Gasteiger partial charge on any atom is -0.396 e. The average Bonchev–Trinajstić information content (AvgIpc) is 2.69. The van der Waals surface area contributed by atoms with Crippen LogP contribution in [0, 0.1) is 6.92 Å². The smallest absolute Gasteiger partial charge is 0.128 e. The number of piperazine rings is 1. The molecule has 1 aliphatic rings. The molecule has 0 unspecified atom stereocenters. The highest BCUT2D eigenvalue weighted by Gasteiger charge is 2.18. The fraction of sp³-hybridized carbons (Fsp3) is 0.429. The molecule has 0 N–H and O–H groups in total. The van der Waals surface area contributed by atoms with E-state index in [1.807, 2.05) is 25.3 Å². The molecule has 1 fully saturated rings. The van der Waals surface area contributed by atoms with Crippen LogP contribution in [-0.4, -0.2) is 54.9 Å². The van der Waals surface area contributed by atoms with Gasteiger partial charge in [0.25, 0.3) is 0 Å². The summed E-state index contributed by atoms with van der Waals surface area (Å²) in [7, 11) is 0. The van der Waals surface area contributed by atoms with Gasteiger partial charge in [0.2, 0.25) is 0 Å². The van der Waals surface area contributed by atoms with E-state index >= 15 is 0 Å². The Balaban J connectivity index is 1.55. The van der Waals surface area contributed by atoms with Crippen molar-refractivity contribution in [3.05, 3.63) is 59.8 Å². The molecule has 2 aromatic rings. The van der Waals surface area contributed by atoms with Crippen LogP contribution in [0.4, 0.5) is 5.82 Å². The SMILES string of the molecule is CCO/N=C(/CCN1CCN(c2ccccn2)CC1)c1cccc(C)c1. The van der Waals surface area contributed by atoms with E-state index in [2.05, 4.69) is 57.2 Å². The van der Waals surface area contributed by atoms with Crippen molar-refractivity contribution in [1.82, 2.24) is 9.88 Å². The quantitative estimate of drug-likeness (QED) is 0.566. The molecule has 1 aliphatic heterocycles. The van der Waals surface area contributed by atoms with Crippen LogP contribution >= 0.6 is 0 Å². The number of oxime groups is 1. The third-order valence-corrected chi connectivity index (χ3v) is 4.67. The molecule has 0 atom stereocenters. The van der Waals surface area contributed by atoms with Gasteiger partial charge in [0.1, 0.15) is 12.4 Å². The molecule has 0 spiro atoms. The zero-order chi connectivity index (χ0) is 18.2. The third kappa shape index (κ3) is 5.05. The normalized spacial score (nSPS) is 15.9. The summed E-state index contributed by atoms with van der Waals surface area (Å²) >= 11 is 0. The zero-order valence-corrected chi connectivity index (χ0v) is 15.8. The molecule has 5 nitrogen and oxygen atoms in total. The fourth-order valence-corrected chi connectivity index (χ4v) is 3.22. The van der Waals surface area contributed by atoms with Crippen LogP contribution in [0.15, 0.2) is 53.8 Å². The highest BCUT2D eigenvalue weighted by Crippen LogP contribution is 2.14. The maximum atomic E-state index is 5.36. The lowest BCUT2D eigenvalue weighted by atomic mass is 10.0. The minimum atomic E-state index is 0.595. The summed E-state index contributed by atoms with van der Waals surface area (Å²) in [5.41, 5.74) is 3.43. The first-order valence-corrected chi connectivity index (χ1v) is 9.40. The van der Waals surface area contributed by atoms with Crippen LogP contribution in [0.25, 0.3) is 0 Å². The van der Waals surface area contributed by atoms with Crippen LogP contribution in [0.5, 0.6) is 0 Å². The highest BCUT2D eigenvalue weighted by molar-refractivity contribution is 6.00. The lowest BCUT2D eigenvalue weighted by Crippen LogP contribution is -2.47. The van der Waals surface area contributed by atoms with E-state index in [4.69, 9.17) is 4.84 Å². The number of nitrogens with zero attached hydrogens (tertiary/aromatic N) is 4. The van der Waals surface area contributed by atoms with Crippen molar-refractivity contribution in [3.63, 3.8) is 0 Å². The molecule has 1 aromatic carbocycles. The van der Waals surface area contributed by atoms with Crippen molar-refractivity contribution in [1.29, 1.82) is 0 Å². The Morgan fingerprint density at radius 1 is 1.12 bits per heavy atom. The van der Waals surface area contributed by atoms with Crippen molar-refractivity contribution in [2.45, 2.75) is 20.3 Å². The second-order valence-electron chi connectivity index (χ2n) is 6.59. The molecular formula is C21H28N4O. The number of hydrogen-bond acceptors (Lipinski definition) is 5. The summed E-state index contributed by atoms with van der Waals surface area (Å²) in [4.78, 5) is 14.7. The summed E-state index contributed by atoms with van der Waals surface area (Å²) in [5, 5.41) is 4.37. The van der Waals surface area contributed by atoms with Gasteiger partial charge in [0, 0.05) is 45.3 Å². The number of rotatable bonds is 7. The molecule has 0 bridgehead atoms. The van der Waals surface area contributed by atoms with Crippen LogP contribution in [0.1, 0.15) is 24.5 Å². The molecular weight excluding hydrogens is 324 g/mol. The first-order valence-electron chi connectivity index (χ1n) is 9.40. The monoisotopic (exact) mass is 352 g/mol. The summed E-state index contributed by atoms with van der Waals surface area (Å²) in [6.45, 7) is 9.79. The van der Waals surface area contributed by atoms with Crippen molar-refractivity contribution >= 4 is 11.5 Å². The van der Waals surface area contributed by atoms with Gasteiger partial charge in [-0.2, -0.15) is 0 Å². The number of aromatic nitrogens is 1. The van der Waals surface area contributed by atoms with Gasteiger partial charge in [-0.3, -0.25) is 4.90 Å². The van der Waals surface area contributed by atoms with Crippen LogP contribution < -0.4 is 4.90 Å². The van der Waals surface area contributed by atoms with Gasteiger partial charge in [-0.25, -0.2) is 4.98 Å². The Morgan fingerprint density at radius 2 is 1.96 bits per heavy atom. The topological polar surface area (TPSA) is 41.0 Å². The molecule has 3 rings (SSSR count). The molecule has 2 heterocycles. The van der Waals surface area contributed by atoms with Crippen molar-refractivity contribution < 1.29 is 4.84 Å². The number of benzene rings is 1. The Morgan fingerprint density at radius 3 is 2.65 bits per heavy atom. The third-order valence-electron chi connectivity index (χ3n) is 4.67. The Labute approximate surface area is 156 Å². The molecule has 138 valence electrons. The largest absolute Gasteiger partial charge is 0.396 e. The van der Waals surface area contributed by atoms with Crippen molar-refractivity contribution in [2.24, 2.45) is 5.16 Å². The van der Waals surface area contributed by atoms with Gasteiger partial charge in [-0.05, 0) is 31.5 Å². The number of pyridine rings is 1. The maximum absolute atomic E-state index is 5.36. The Bertz CT molecular complexity index is 709. The van der Waals surface area contributed by atoms with Gasteiger partial charge in [-0.15, -0.1) is 0 Å². The lowest BCUT2D eigenvalue weighted by Gasteiger charge is -2.35. The van der Waals surface area contributed by atoms with Crippen molar-refractivity contribution in [2.75, 3.05) is 44.2 Å². The molecule has 5 heteroatoms. The molecule has 0 amide bonds. The predicted molar refractivity (Wildman–Crippen MR) is 107 cm³/mol. The van der Waals surface area contributed by atoms with Crippen LogP contribution in [0.3, 0.4) is 0 Å². The summed E-state index contributed by atoms with van der Waals surface area (Å²) in [6, 6.07) is 14.6. The van der Waals surface area contributed by atoms with Crippen molar-refractivity contribution in [3.8, 4) is 0 Å². The van der Waals surface area contributed by atoms with Gasteiger partial charge in [0.05, 0.1) is 5.71 Å². The minimum absolute atomic E-state index is 0.595. The molecule has 0 radical (unpaired) electrons. The van der Waals surface area contributed by atoms with E-state index in [1.54, 1.807) is 0 Å². The van der Waals surface area contributed by atoms with E-state index in [0.717, 1.165) is 56.2 Å².